The van der Waals surface area contributed by atoms with E-state index in [1.54, 1.807) is 19.1 Å². The van der Waals surface area contributed by atoms with E-state index in [0.717, 1.165) is 5.56 Å². The van der Waals surface area contributed by atoms with E-state index < -0.39 is 19.9 Å². The second-order valence-electron chi connectivity index (χ2n) is 4.69. The summed E-state index contributed by atoms with van der Waals surface area (Å²) in [5, 5.41) is 2.55. The Morgan fingerprint density at radius 1 is 1.42 bits per heavy atom. The maximum absolute atomic E-state index is 11.6. The quantitative estimate of drug-likeness (QED) is 0.837. The minimum absolute atomic E-state index is 0.0782. The van der Waals surface area contributed by atoms with Gasteiger partial charge in [-0.15, -0.1) is 0 Å². The Balaban J connectivity index is 2.42. The predicted octanol–water partition coefficient (Wildman–Crippen LogP) is 2.70. The molecule has 1 aliphatic heterocycles. The average molecular weight is 367 g/mol. The van der Waals surface area contributed by atoms with Gasteiger partial charge in [0.1, 0.15) is 0 Å². The van der Waals surface area contributed by atoms with E-state index in [-0.39, 0.29) is 5.91 Å². The van der Waals surface area contributed by atoms with Gasteiger partial charge in [0.05, 0.1) is 16.5 Å². The number of carbonyl (C=O) groups is 1. The largest absolute Gasteiger partial charge is 0.325 e. The number of amides is 1. The predicted molar refractivity (Wildman–Crippen MR) is 79.8 cm³/mol. The molecule has 1 aliphatic rings. The van der Waals surface area contributed by atoms with Gasteiger partial charge in [-0.05, 0) is 24.1 Å². The van der Waals surface area contributed by atoms with Crippen LogP contribution in [-0.4, -0.2) is 25.8 Å². The molecule has 2 rings (SSSR count). The van der Waals surface area contributed by atoms with E-state index in [2.05, 4.69) is 21.2 Å². The molecule has 0 fully saturated rings. The van der Waals surface area contributed by atoms with Gasteiger partial charge in [-0.3, -0.25) is 4.79 Å². The number of anilines is 1. The summed E-state index contributed by atoms with van der Waals surface area (Å²) in [6.07, 6.45) is 1.49. The summed E-state index contributed by atoms with van der Waals surface area (Å²) in [7, 11) is -3.18. The molecule has 0 bridgehead atoms. The van der Waals surface area contributed by atoms with Crippen molar-refractivity contribution in [3.8, 4) is 0 Å². The number of alkyl halides is 1. The van der Waals surface area contributed by atoms with E-state index in [4.69, 9.17) is 11.6 Å². The fourth-order valence-electron chi connectivity index (χ4n) is 1.95. The van der Waals surface area contributed by atoms with Crippen molar-refractivity contribution < 1.29 is 13.2 Å². The highest BCUT2D eigenvalue weighted by Crippen LogP contribution is 2.39. The lowest BCUT2D eigenvalue weighted by Gasteiger charge is -2.19. The minimum Gasteiger partial charge on any atom is -0.325 e. The van der Waals surface area contributed by atoms with Gasteiger partial charge in [0.2, 0.25) is 5.91 Å². The topological polar surface area (TPSA) is 63.2 Å². The van der Waals surface area contributed by atoms with Crippen LogP contribution in [0.3, 0.4) is 0 Å². The Labute approximate surface area is 125 Å². The third kappa shape index (κ3) is 2.95. The Hall–Kier alpha value is -0.590. The molecule has 0 spiro atoms. The SMILES string of the molecule is CC(C(Br)c1cc2c(cc1Cl)NC(=O)C2)S(C)(=O)=O. The van der Waals surface area contributed by atoms with Gasteiger partial charge in [0.15, 0.2) is 9.84 Å². The van der Waals surface area contributed by atoms with Gasteiger partial charge in [0.25, 0.3) is 0 Å². The van der Waals surface area contributed by atoms with Gasteiger partial charge in [0, 0.05) is 17.0 Å². The molecule has 0 saturated carbocycles. The first-order valence-electron chi connectivity index (χ1n) is 5.65. The highest BCUT2D eigenvalue weighted by molar-refractivity contribution is 9.09. The molecule has 0 radical (unpaired) electrons. The van der Waals surface area contributed by atoms with Crippen LogP contribution in [0.5, 0.6) is 0 Å². The number of sulfone groups is 1. The number of carbonyl (C=O) groups excluding carboxylic acids is 1. The summed E-state index contributed by atoms with van der Waals surface area (Å²) in [4.78, 5) is 10.9. The zero-order chi connectivity index (χ0) is 14.4. The Morgan fingerprint density at radius 2 is 2.05 bits per heavy atom. The van der Waals surface area contributed by atoms with Crippen LogP contribution in [0.4, 0.5) is 5.69 Å². The maximum Gasteiger partial charge on any atom is 0.228 e. The van der Waals surface area contributed by atoms with Crippen molar-refractivity contribution in [2.75, 3.05) is 11.6 Å². The van der Waals surface area contributed by atoms with E-state index in [0.29, 0.717) is 22.7 Å². The van der Waals surface area contributed by atoms with Crippen LogP contribution in [0.1, 0.15) is 22.9 Å². The smallest absolute Gasteiger partial charge is 0.228 e. The lowest BCUT2D eigenvalue weighted by atomic mass is 10.0. The highest BCUT2D eigenvalue weighted by atomic mass is 79.9. The van der Waals surface area contributed by atoms with Crippen LogP contribution in [0.2, 0.25) is 5.02 Å². The lowest BCUT2D eigenvalue weighted by molar-refractivity contribution is -0.115. The van der Waals surface area contributed by atoms with Crippen molar-refractivity contribution in [3.63, 3.8) is 0 Å². The van der Waals surface area contributed by atoms with E-state index in [1.807, 2.05) is 0 Å². The Kier molecular flexibility index (Phi) is 3.95. The molecule has 2 atom stereocenters. The van der Waals surface area contributed by atoms with Crippen LogP contribution in [-0.2, 0) is 21.1 Å². The average Bonchev–Trinajstić information content (AvgIpc) is 2.64. The van der Waals surface area contributed by atoms with Crippen molar-refractivity contribution in [2.24, 2.45) is 0 Å². The fraction of sp³-hybridized carbons (Fsp3) is 0.417. The third-order valence-electron chi connectivity index (χ3n) is 3.23. The summed E-state index contributed by atoms with van der Waals surface area (Å²) in [6.45, 7) is 1.63. The molecule has 104 valence electrons. The van der Waals surface area contributed by atoms with Crippen molar-refractivity contribution >= 4 is 49.0 Å². The summed E-state index contributed by atoms with van der Waals surface area (Å²) < 4.78 is 23.2. The molecule has 1 heterocycles. The first-order chi connectivity index (χ1) is 8.70. The van der Waals surface area contributed by atoms with Crippen LogP contribution in [0.15, 0.2) is 12.1 Å². The Bertz CT molecular complexity index is 645. The number of halogens is 2. The molecular formula is C12H13BrClNO3S. The van der Waals surface area contributed by atoms with Gasteiger partial charge >= 0.3 is 0 Å². The number of fused-ring (bicyclic) bond motifs is 1. The Morgan fingerprint density at radius 3 is 2.63 bits per heavy atom. The van der Waals surface area contributed by atoms with Gasteiger partial charge in [-0.25, -0.2) is 8.42 Å². The lowest BCUT2D eigenvalue weighted by Crippen LogP contribution is -2.21. The van der Waals surface area contributed by atoms with Crippen LogP contribution in [0.25, 0.3) is 0 Å². The van der Waals surface area contributed by atoms with Gasteiger partial charge in [-0.1, -0.05) is 33.6 Å². The van der Waals surface area contributed by atoms with Crippen LogP contribution < -0.4 is 5.32 Å². The first kappa shape index (κ1) is 14.8. The molecule has 1 aromatic rings. The minimum atomic E-state index is -3.18. The van der Waals surface area contributed by atoms with Crippen molar-refractivity contribution in [1.82, 2.24) is 0 Å². The molecule has 1 N–H and O–H groups in total. The molecule has 2 unspecified atom stereocenters. The van der Waals surface area contributed by atoms with Crippen molar-refractivity contribution in [3.05, 3.63) is 28.3 Å². The van der Waals surface area contributed by atoms with E-state index in [1.165, 1.54) is 6.26 Å². The monoisotopic (exact) mass is 365 g/mol. The summed E-state index contributed by atoms with van der Waals surface area (Å²) in [6, 6.07) is 3.46. The molecule has 0 saturated heterocycles. The van der Waals surface area contributed by atoms with Crippen LogP contribution >= 0.6 is 27.5 Å². The number of hydrogen-bond acceptors (Lipinski definition) is 3. The number of benzene rings is 1. The molecule has 1 amide bonds. The second kappa shape index (κ2) is 5.07. The van der Waals surface area contributed by atoms with E-state index in [9.17, 15) is 13.2 Å². The van der Waals surface area contributed by atoms with Crippen LogP contribution in [0, 0.1) is 0 Å². The number of rotatable bonds is 3. The standard InChI is InChI=1S/C12H13BrClNO3S/c1-6(19(2,17)18)12(13)8-3-7-4-11(16)15-10(7)5-9(8)14/h3,5-6,12H,4H2,1-2H3,(H,15,16). The van der Waals surface area contributed by atoms with E-state index >= 15 is 0 Å². The first-order valence-corrected chi connectivity index (χ1v) is 8.90. The van der Waals surface area contributed by atoms with Gasteiger partial charge in [-0.2, -0.15) is 0 Å². The molecule has 4 nitrogen and oxygen atoms in total. The fourth-order valence-corrected chi connectivity index (χ4v) is 4.50. The van der Waals surface area contributed by atoms with Gasteiger partial charge < -0.3 is 5.32 Å². The van der Waals surface area contributed by atoms with Crippen molar-refractivity contribution in [2.45, 2.75) is 23.4 Å². The second-order valence-corrected chi connectivity index (χ2v) is 8.49. The molecule has 0 aromatic heterocycles. The summed E-state index contributed by atoms with van der Waals surface area (Å²) >= 11 is 9.56. The molecule has 7 heteroatoms. The van der Waals surface area contributed by atoms with Crippen molar-refractivity contribution in [1.29, 1.82) is 0 Å². The molecule has 1 aromatic carbocycles. The molecule has 19 heavy (non-hydrogen) atoms. The zero-order valence-electron chi connectivity index (χ0n) is 10.4. The zero-order valence-corrected chi connectivity index (χ0v) is 13.6. The summed E-state index contributed by atoms with van der Waals surface area (Å²) in [5.41, 5.74) is 2.23. The number of hydrogen-bond donors (Lipinski definition) is 1. The number of nitrogens with one attached hydrogen (secondary N) is 1. The maximum atomic E-state index is 11.6. The highest BCUT2D eigenvalue weighted by Gasteiger charge is 2.29. The molecular weight excluding hydrogens is 354 g/mol. The normalized spacial score (nSPS) is 17.8. The third-order valence-corrected chi connectivity index (χ3v) is 6.82. The molecule has 0 aliphatic carbocycles. The summed E-state index contributed by atoms with van der Waals surface area (Å²) in [5.74, 6) is -0.0782.